The predicted molar refractivity (Wildman–Crippen MR) is 99.1 cm³/mol. The Morgan fingerprint density at radius 1 is 0.931 bits per heavy atom. The van der Waals surface area contributed by atoms with E-state index in [4.69, 9.17) is 27.9 Å². The van der Waals surface area contributed by atoms with Gasteiger partial charge in [-0.25, -0.2) is 13.2 Å². The normalized spacial score (nSPS) is 10.4. The van der Waals surface area contributed by atoms with Crippen molar-refractivity contribution in [1.29, 1.82) is 0 Å². The van der Waals surface area contributed by atoms with Crippen LogP contribution < -0.4 is 10.6 Å². The van der Waals surface area contributed by atoms with Gasteiger partial charge in [-0.15, -0.1) is 0 Å². The van der Waals surface area contributed by atoms with Crippen molar-refractivity contribution in [2.24, 2.45) is 0 Å². The third-order valence-corrected chi connectivity index (χ3v) is 4.19. The fraction of sp³-hybridized carbons (Fsp3) is 0.167. The van der Waals surface area contributed by atoms with Crippen LogP contribution in [-0.2, 0) is 25.5 Å². The number of benzene rings is 2. The second-order valence-electron chi connectivity index (χ2n) is 5.63. The van der Waals surface area contributed by atoms with Crippen LogP contribution in [0.4, 0.5) is 18.9 Å². The Labute approximate surface area is 172 Å². The molecule has 11 heteroatoms. The Morgan fingerprint density at radius 3 is 2.34 bits per heavy atom. The minimum Gasteiger partial charge on any atom is -0.455 e. The maximum atomic E-state index is 13.5. The Balaban J connectivity index is 1.75. The van der Waals surface area contributed by atoms with Crippen LogP contribution in [0.1, 0.15) is 5.56 Å². The Bertz CT molecular complexity index is 957. The molecule has 2 rings (SSSR count). The lowest BCUT2D eigenvalue weighted by atomic mass is 10.1. The molecule has 0 saturated carbocycles. The van der Waals surface area contributed by atoms with Crippen molar-refractivity contribution in [3.8, 4) is 0 Å². The summed E-state index contributed by atoms with van der Waals surface area (Å²) >= 11 is 11.6. The number of anilines is 1. The fourth-order valence-corrected chi connectivity index (χ4v) is 2.38. The highest BCUT2D eigenvalue weighted by Gasteiger charge is 2.16. The van der Waals surface area contributed by atoms with Crippen LogP contribution in [0.5, 0.6) is 0 Å². The van der Waals surface area contributed by atoms with Crippen molar-refractivity contribution in [2.45, 2.75) is 6.42 Å². The average Bonchev–Trinajstić information content (AvgIpc) is 2.68. The molecule has 0 spiro atoms. The zero-order chi connectivity index (χ0) is 21.6. The van der Waals surface area contributed by atoms with E-state index in [0.717, 1.165) is 6.07 Å². The maximum Gasteiger partial charge on any atom is 0.310 e. The number of carbonyl (C=O) groups excluding carboxylic acids is 3. The van der Waals surface area contributed by atoms with Gasteiger partial charge in [0.2, 0.25) is 5.91 Å². The quantitative estimate of drug-likeness (QED) is 0.502. The molecule has 0 heterocycles. The number of carbonyl (C=O) groups is 3. The van der Waals surface area contributed by atoms with Crippen molar-refractivity contribution in [3.05, 3.63) is 63.4 Å². The number of hydrogen-bond donors (Lipinski definition) is 2. The largest absolute Gasteiger partial charge is 0.455 e. The molecule has 0 radical (unpaired) electrons. The molecule has 0 aliphatic heterocycles. The van der Waals surface area contributed by atoms with Crippen LogP contribution in [0.15, 0.2) is 30.3 Å². The molecule has 0 aromatic heterocycles. The molecule has 0 aliphatic rings. The van der Waals surface area contributed by atoms with Crippen LogP contribution in [0.2, 0.25) is 10.0 Å². The third kappa shape index (κ3) is 6.65. The number of rotatable bonds is 7. The van der Waals surface area contributed by atoms with E-state index < -0.39 is 54.1 Å². The fourth-order valence-electron chi connectivity index (χ4n) is 2.06. The highest BCUT2D eigenvalue weighted by Crippen LogP contribution is 2.23. The summed E-state index contributed by atoms with van der Waals surface area (Å²) in [5.74, 6) is -7.12. The third-order valence-electron chi connectivity index (χ3n) is 3.45. The van der Waals surface area contributed by atoms with Crippen molar-refractivity contribution in [1.82, 2.24) is 5.32 Å². The lowest BCUT2D eigenvalue weighted by Crippen LogP contribution is -2.35. The molecule has 0 aliphatic carbocycles. The first-order valence-corrected chi connectivity index (χ1v) is 8.72. The summed E-state index contributed by atoms with van der Waals surface area (Å²) in [6.07, 6.45) is -0.153. The molecule has 2 amide bonds. The summed E-state index contributed by atoms with van der Waals surface area (Å²) < 4.78 is 44.2. The maximum absolute atomic E-state index is 13.5. The highest BCUT2D eigenvalue weighted by atomic mass is 35.5. The molecule has 2 aromatic rings. The van der Waals surface area contributed by atoms with E-state index in [1.165, 1.54) is 12.1 Å². The van der Waals surface area contributed by atoms with Gasteiger partial charge < -0.3 is 15.4 Å². The molecular weight excluding hydrogens is 436 g/mol. The molecule has 0 unspecified atom stereocenters. The van der Waals surface area contributed by atoms with Gasteiger partial charge in [-0.05, 0) is 29.8 Å². The molecule has 29 heavy (non-hydrogen) atoms. The molecular formula is C18H13Cl2F3N2O4. The number of amides is 2. The zero-order valence-electron chi connectivity index (χ0n) is 14.5. The van der Waals surface area contributed by atoms with Gasteiger partial charge in [0.05, 0.1) is 28.7 Å². The molecule has 154 valence electrons. The minimum atomic E-state index is -1.74. The predicted octanol–water partition coefficient (Wildman–Crippen LogP) is 3.25. The lowest BCUT2D eigenvalue weighted by Gasteiger charge is -2.09. The monoisotopic (exact) mass is 448 g/mol. The smallest absolute Gasteiger partial charge is 0.310 e. The van der Waals surface area contributed by atoms with Crippen LogP contribution in [0.3, 0.4) is 0 Å². The summed E-state index contributed by atoms with van der Waals surface area (Å²) in [6, 6.07) is 6.02. The summed E-state index contributed by atoms with van der Waals surface area (Å²) in [7, 11) is 0. The molecule has 2 N–H and O–H groups in total. The zero-order valence-corrected chi connectivity index (χ0v) is 16.0. The Morgan fingerprint density at radius 2 is 1.66 bits per heavy atom. The highest BCUT2D eigenvalue weighted by molar-refractivity contribution is 6.42. The number of halogens is 5. The first kappa shape index (κ1) is 22.5. The van der Waals surface area contributed by atoms with E-state index in [9.17, 15) is 27.6 Å². The van der Waals surface area contributed by atoms with Gasteiger partial charge in [-0.2, -0.15) is 0 Å². The number of esters is 1. The number of ether oxygens (including phenoxy) is 1. The van der Waals surface area contributed by atoms with E-state index in [0.29, 0.717) is 16.7 Å². The van der Waals surface area contributed by atoms with Gasteiger partial charge in [0, 0.05) is 0 Å². The summed E-state index contributed by atoms with van der Waals surface area (Å²) in [4.78, 5) is 35.0. The van der Waals surface area contributed by atoms with E-state index in [1.54, 1.807) is 6.07 Å². The van der Waals surface area contributed by atoms with Crippen LogP contribution >= 0.6 is 23.2 Å². The first-order chi connectivity index (χ1) is 13.7. The molecule has 0 bridgehead atoms. The molecule has 6 nitrogen and oxygen atoms in total. The van der Waals surface area contributed by atoms with Crippen LogP contribution in [0.25, 0.3) is 0 Å². The van der Waals surface area contributed by atoms with Gasteiger partial charge in [0.1, 0.15) is 0 Å². The SMILES string of the molecule is O=C(COC(=O)Cc1ccc(Cl)c(Cl)c1)NCC(=O)Nc1ccc(F)c(F)c1F. The van der Waals surface area contributed by atoms with E-state index in [1.807, 2.05) is 5.32 Å². The number of hydrogen-bond acceptors (Lipinski definition) is 4. The van der Waals surface area contributed by atoms with E-state index in [-0.39, 0.29) is 11.4 Å². The van der Waals surface area contributed by atoms with Crippen molar-refractivity contribution in [3.63, 3.8) is 0 Å². The summed E-state index contributed by atoms with van der Waals surface area (Å²) in [5.41, 5.74) is -0.0612. The average molecular weight is 449 g/mol. The van der Waals surface area contributed by atoms with Gasteiger partial charge in [-0.1, -0.05) is 29.3 Å². The number of nitrogens with one attached hydrogen (secondary N) is 2. The van der Waals surface area contributed by atoms with Gasteiger partial charge in [0.15, 0.2) is 24.1 Å². The summed E-state index contributed by atoms with van der Waals surface area (Å²) in [6.45, 7) is -1.27. The van der Waals surface area contributed by atoms with Crippen molar-refractivity contribution in [2.75, 3.05) is 18.5 Å². The lowest BCUT2D eigenvalue weighted by molar-refractivity contribution is -0.147. The molecule has 2 aromatic carbocycles. The topological polar surface area (TPSA) is 84.5 Å². The first-order valence-electron chi connectivity index (χ1n) is 7.97. The standard InChI is InChI=1S/C18H13Cl2F3N2O4/c19-10-2-1-9(5-11(10)20)6-16(28)29-8-15(27)24-7-14(26)25-13-4-3-12(21)17(22)18(13)23/h1-5H,6-8H2,(H,24,27)(H,25,26). The van der Waals surface area contributed by atoms with Crippen LogP contribution in [0, 0.1) is 17.5 Å². The van der Waals surface area contributed by atoms with Gasteiger partial charge in [0.25, 0.3) is 5.91 Å². The van der Waals surface area contributed by atoms with Crippen molar-refractivity contribution < 1.29 is 32.3 Å². The van der Waals surface area contributed by atoms with Gasteiger partial charge >= 0.3 is 5.97 Å². The van der Waals surface area contributed by atoms with Gasteiger partial charge in [-0.3, -0.25) is 14.4 Å². The van der Waals surface area contributed by atoms with Crippen LogP contribution in [-0.4, -0.2) is 30.9 Å². The van der Waals surface area contributed by atoms with E-state index >= 15 is 0 Å². The molecule has 0 saturated heterocycles. The Kier molecular flexibility index (Phi) is 7.86. The molecule has 0 atom stereocenters. The van der Waals surface area contributed by atoms with Crippen molar-refractivity contribution >= 4 is 46.7 Å². The Hall–Kier alpha value is -2.78. The second kappa shape index (κ2) is 10.1. The second-order valence-corrected chi connectivity index (χ2v) is 6.45. The summed E-state index contributed by atoms with van der Waals surface area (Å²) in [5, 5.41) is 4.69. The minimum absolute atomic E-state index is 0.153. The van der Waals surface area contributed by atoms with E-state index in [2.05, 4.69) is 5.32 Å². The molecule has 0 fully saturated rings.